The normalized spacial score (nSPS) is 48.1. The first-order valence-corrected chi connectivity index (χ1v) is 12.6. The van der Waals surface area contributed by atoms with E-state index in [1.165, 1.54) is 43.3 Å². The van der Waals surface area contributed by atoms with Crippen LogP contribution in [-0.2, 0) is 19.1 Å². The fraction of sp³-hybridized carbons (Fsp3) is 0.571. The van der Waals surface area contributed by atoms with Gasteiger partial charge in [0.15, 0.2) is 29.1 Å². The molecule has 1 aromatic rings. The molecule has 1 saturated heterocycles. The number of benzene rings is 1. The first-order chi connectivity index (χ1) is 17.4. The van der Waals surface area contributed by atoms with E-state index in [-0.39, 0.29) is 24.8 Å². The SMILES string of the molecule is C[C@]12C=CC(=O)C=C1[C@@H](F)C[C@H]1[C@@H]3C[C@H]4O[C@@H](c5ccc(F)cc5)O[C@@]4(C(=O)CO)[C@@]3(C)C[C@H](O)[C@@]12F. The summed E-state index contributed by atoms with van der Waals surface area (Å²) in [6.07, 6.45) is -1.78. The Balaban J connectivity index is 1.44. The number of halogens is 3. The number of carbonyl (C=O) groups is 2. The monoisotopic (exact) mass is 518 g/mol. The van der Waals surface area contributed by atoms with E-state index < -0.39 is 82.6 Å². The van der Waals surface area contributed by atoms with E-state index in [9.17, 15) is 24.2 Å². The van der Waals surface area contributed by atoms with Crippen LogP contribution in [0.2, 0.25) is 0 Å². The maximum Gasteiger partial charge on any atom is 0.193 e. The van der Waals surface area contributed by atoms with Gasteiger partial charge in [-0.2, -0.15) is 0 Å². The van der Waals surface area contributed by atoms with Crippen molar-refractivity contribution in [1.82, 2.24) is 0 Å². The number of rotatable bonds is 3. The van der Waals surface area contributed by atoms with Crippen LogP contribution in [-0.4, -0.2) is 58.0 Å². The average molecular weight is 519 g/mol. The highest BCUT2D eigenvalue weighted by molar-refractivity contribution is 6.01. The highest BCUT2D eigenvalue weighted by Crippen LogP contribution is 2.72. The molecule has 3 saturated carbocycles. The number of hydrogen-bond acceptors (Lipinski definition) is 6. The number of allylic oxidation sites excluding steroid dienone is 4. The van der Waals surface area contributed by atoms with Crippen molar-refractivity contribution in [2.45, 2.75) is 69.0 Å². The van der Waals surface area contributed by atoms with Crippen LogP contribution >= 0.6 is 0 Å². The predicted molar refractivity (Wildman–Crippen MR) is 124 cm³/mol. The van der Waals surface area contributed by atoms with Gasteiger partial charge in [-0.25, -0.2) is 13.2 Å². The van der Waals surface area contributed by atoms with E-state index in [0.717, 1.165) is 6.08 Å². The van der Waals surface area contributed by atoms with Crippen molar-refractivity contribution in [2.24, 2.45) is 22.7 Å². The molecule has 6 nitrogen and oxygen atoms in total. The zero-order valence-corrected chi connectivity index (χ0v) is 20.5. The number of aliphatic hydroxyl groups excluding tert-OH is 2. The predicted octanol–water partition coefficient (Wildman–Crippen LogP) is 3.47. The van der Waals surface area contributed by atoms with Crippen molar-refractivity contribution < 1.29 is 42.4 Å². The molecule has 2 N–H and O–H groups in total. The third-order valence-corrected chi connectivity index (χ3v) is 10.1. The molecular weight excluding hydrogens is 489 g/mol. The summed E-state index contributed by atoms with van der Waals surface area (Å²) in [4.78, 5) is 25.4. The van der Waals surface area contributed by atoms with Crippen molar-refractivity contribution in [1.29, 1.82) is 0 Å². The first kappa shape index (κ1) is 25.0. The van der Waals surface area contributed by atoms with E-state index in [2.05, 4.69) is 0 Å². The van der Waals surface area contributed by atoms with Gasteiger partial charge in [0, 0.05) is 22.3 Å². The number of hydrogen-bond donors (Lipinski definition) is 2. The Morgan fingerprint density at radius 3 is 2.54 bits per heavy atom. The summed E-state index contributed by atoms with van der Waals surface area (Å²) >= 11 is 0. The average Bonchev–Trinajstić information content (AvgIpc) is 3.36. The summed E-state index contributed by atoms with van der Waals surface area (Å²) in [5.74, 6) is -3.18. The van der Waals surface area contributed by atoms with Gasteiger partial charge in [-0.3, -0.25) is 9.59 Å². The van der Waals surface area contributed by atoms with Gasteiger partial charge in [0.2, 0.25) is 0 Å². The molecule has 4 fully saturated rings. The smallest absolute Gasteiger partial charge is 0.193 e. The lowest BCUT2D eigenvalue weighted by molar-refractivity contribution is -0.235. The Morgan fingerprint density at radius 2 is 1.86 bits per heavy atom. The highest BCUT2D eigenvalue weighted by Gasteiger charge is 2.80. The van der Waals surface area contributed by atoms with Gasteiger partial charge in [-0.05, 0) is 62.0 Å². The molecule has 0 radical (unpaired) electrons. The first-order valence-electron chi connectivity index (χ1n) is 12.6. The number of ether oxygens (including phenoxy) is 2. The minimum Gasteiger partial charge on any atom is -0.390 e. The zero-order chi connectivity index (χ0) is 26.5. The van der Waals surface area contributed by atoms with Gasteiger partial charge >= 0.3 is 0 Å². The molecule has 6 rings (SSSR count). The van der Waals surface area contributed by atoms with Crippen LogP contribution in [0.3, 0.4) is 0 Å². The summed E-state index contributed by atoms with van der Waals surface area (Å²) in [6.45, 7) is 2.36. The van der Waals surface area contributed by atoms with Crippen LogP contribution in [0.15, 0.2) is 48.1 Å². The van der Waals surface area contributed by atoms with Gasteiger partial charge in [-0.15, -0.1) is 0 Å². The van der Waals surface area contributed by atoms with Crippen molar-refractivity contribution in [3.05, 3.63) is 59.4 Å². The molecule has 10 atom stereocenters. The molecule has 0 aromatic heterocycles. The molecular formula is C28H29F3O6. The number of Topliss-reactive ketones (excluding diaryl/α,β-unsaturated/α-hetero) is 1. The fourth-order valence-electron chi connectivity index (χ4n) is 8.33. The molecule has 0 unspecified atom stereocenters. The van der Waals surface area contributed by atoms with Gasteiger partial charge in [-0.1, -0.05) is 25.1 Å². The molecule has 1 heterocycles. The Morgan fingerprint density at radius 1 is 1.16 bits per heavy atom. The van der Waals surface area contributed by atoms with Gasteiger partial charge < -0.3 is 19.7 Å². The van der Waals surface area contributed by atoms with E-state index in [0.29, 0.717) is 5.56 Å². The summed E-state index contributed by atoms with van der Waals surface area (Å²) in [6, 6.07) is 5.42. The molecule has 0 bridgehead atoms. The fourth-order valence-corrected chi connectivity index (χ4v) is 8.33. The molecule has 5 aliphatic rings. The lowest BCUT2D eigenvalue weighted by Gasteiger charge is -2.63. The van der Waals surface area contributed by atoms with Crippen LogP contribution in [0, 0.1) is 28.5 Å². The standard InChI is InChI=1S/C28H29F3O6/c1-25-8-7-16(33)9-19(25)20(30)10-18-17-11-23-28(22(35)13-32,26(17,2)12-21(34)27(18,25)31)37-24(36-23)14-3-5-15(29)6-4-14/h3-9,17-18,20-21,23-24,32,34H,10-13H2,1-2H3/t17-,18-,20-,21-,23+,24+,25-,26-,27-,28+/m0/s1. The van der Waals surface area contributed by atoms with Crippen molar-refractivity contribution in [3.8, 4) is 0 Å². The second kappa shape index (κ2) is 7.85. The Hall–Kier alpha value is -2.33. The third-order valence-electron chi connectivity index (χ3n) is 10.1. The lowest BCUT2D eigenvalue weighted by Crippen LogP contribution is -2.70. The van der Waals surface area contributed by atoms with E-state index >= 15 is 8.78 Å². The minimum atomic E-state index is -2.30. The summed E-state index contributed by atoms with van der Waals surface area (Å²) in [7, 11) is 0. The lowest BCUT2D eigenvalue weighted by atomic mass is 9.44. The molecule has 0 amide bonds. The van der Waals surface area contributed by atoms with Crippen molar-refractivity contribution in [2.75, 3.05) is 6.61 Å². The van der Waals surface area contributed by atoms with Crippen molar-refractivity contribution >= 4 is 11.6 Å². The van der Waals surface area contributed by atoms with Gasteiger partial charge in [0.25, 0.3) is 0 Å². The van der Waals surface area contributed by atoms with Crippen LogP contribution in [0.1, 0.15) is 45.0 Å². The zero-order valence-electron chi connectivity index (χ0n) is 20.5. The largest absolute Gasteiger partial charge is 0.390 e. The molecule has 198 valence electrons. The van der Waals surface area contributed by atoms with Crippen LogP contribution in [0.5, 0.6) is 0 Å². The Kier molecular flexibility index (Phi) is 5.30. The molecule has 0 spiro atoms. The number of aliphatic hydroxyl groups is 2. The Bertz CT molecular complexity index is 1230. The number of ketones is 2. The minimum absolute atomic E-state index is 0.0182. The summed E-state index contributed by atoms with van der Waals surface area (Å²) in [5.41, 5.74) is -6.27. The quantitative estimate of drug-likeness (QED) is 0.637. The maximum atomic E-state index is 17.3. The summed E-state index contributed by atoms with van der Waals surface area (Å²) in [5, 5.41) is 21.4. The number of alkyl halides is 2. The van der Waals surface area contributed by atoms with Crippen molar-refractivity contribution in [3.63, 3.8) is 0 Å². The number of fused-ring (bicyclic) bond motifs is 7. The third kappa shape index (κ3) is 2.91. The van der Waals surface area contributed by atoms with E-state index in [4.69, 9.17) is 9.47 Å². The second-order valence-corrected chi connectivity index (χ2v) is 11.5. The molecule has 1 aliphatic heterocycles. The molecule has 4 aliphatic carbocycles. The van der Waals surface area contributed by atoms with Gasteiger partial charge in [0.05, 0.1) is 12.2 Å². The molecule has 1 aromatic carbocycles. The molecule has 9 heteroatoms. The van der Waals surface area contributed by atoms with E-state index in [1.54, 1.807) is 6.92 Å². The second-order valence-electron chi connectivity index (χ2n) is 11.5. The van der Waals surface area contributed by atoms with Gasteiger partial charge in [0.1, 0.15) is 18.6 Å². The topological polar surface area (TPSA) is 93.1 Å². The highest BCUT2D eigenvalue weighted by atomic mass is 19.1. The Labute approximate surface area is 212 Å². The van der Waals surface area contributed by atoms with Crippen LogP contribution in [0.4, 0.5) is 13.2 Å². The maximum absolute atomic E-state index is 17.3. The van der Waals surface area contributed by atoms with E-state index in [1.807, 2.05) is 0 Å². The van der Waals surface area contributed by atoms with Crippen LogP contribution in [0.25, 0.3) is 0 Å². The number of carbonyl (C=O) groups excluding carboxylic acids is 2. The van der Waals surface area contributed by atoms with Crippen LogP contribution < -0.4 is 0 Å². The molecule has 37 heavy (non-hydrogen) atoms. The summed E-state index contributed by atoms with van der Waals surface area (Å²) < 4.78 is 58.9.